The molecule has 0 rings (SSSR count). The molecule has 0 atom stereocenters. The molecule has 0 saturated carbocycles. The number of hydrogen-bond acceptors (Lipinski definition) is 6. The Kier molecular flexibility index (Phi) is 15.9. The van der Waals surface area contributed by atoms with Crippen LogP contribution in [0.1, 0.15) is 62.3 Å². The predicted octanol–water partition coefficient (Wildman–Crippen LogP) is 11.4. The fourth-order valence-electron chi connectivity index (χ4n) is 2.98. The van der Waals surface area contributed by atoms with Crippen molar-refractivity contribution in [2.75, 3.05) is 0 Å². The summed E-state index contributed by atoms with van der Waals surface area (Å²) >= 11 is -8.37. The molecule has 0 amide bonds. The quantitative estimate of drug-likeness (QED) is 0.0924. The normalized spacial score (nSPS) is 15.9. The first kappa shape index (κ1) is 55.4. The second-order valence-electron chi connectivity index (χ2n) is 15.0. The van der Waals surface area contributed by atoms with Crippen LogP contribution in [0.5, 0.6) is 0 Å². The Balaban J connectivity index is 8.93. The molecule has 0 unspecified atom stereocenters. The van der Waals surface area contributed by atoms with Gasteiger partial charge in [0.25, 0.3) is 0 Å². The van der Waals surface area contributed by atoms with Gasteiger partial charge in [-0.05, 0) is 0 Å². The molecule has 6 nitrogen and oxygen atoms in total. The second kappa shape index (κ2) is 16.7. The van der Waals surface area contributed by atoms with Gasteiger partial charge in [-0.2, -0.15) is 0 Å². The summed E-state index contributed by atoms with van der Waals surface area (Å²) in [5.41, 5.74) is -6.70. The summed E-state index contributed by atoms with van der Waals surface area (Å²) in [4.78, 5) is 37.7. The third-order valence-corrected chi connectivity index (χ3v) is 11.1. The van der Waals surface area contributed by atoms with Crippen LogP contribution in [0.4, 0.5) is 92.2 Å². The standard InChI is InChI=1S/3C10H11F7O2.La/c3*1-7(2,3)5(18)4-6(19)8(11,12)9(13,14)10(15,16)17;/h3*4,19H,1-3H3;/q;;;+3/p-3/b3*6-4-;. The molecule has 0 aromatic heterocycles. The Hall–Kier alpha value is -2.65. The molecule has 0 bridgehead atoms. The zero-order valence-electron chi connectivity index (χ0n) is 30.7. The number of rotatable bonds is 15. The maximum atomic E-state index is 15.2. The summed E-state index contributed by atoms with van der Waals surface area (Å²) in [7, 11) is 0. The van der Waals surface area contributed by atoms with Gasteiger partial charge in [0.15, 0.2) is 0 Å². The molecule has 58 heavy (non-hydrogen) atoms. The molecule has 0 fully saturated rings. The molecule has 0 heterocycles. The zero-order chi connectivity index (χ0) is 47.3. The molecule has 28 heteroatoms. The Morgan fingerprint density at radius 2 is 0.500 bits per heavy atom. The van der Waals surface area contributed by atoms with Gasteiger partial charge < -0.3 is 0 Å². The first-order valence-electron chi connectivity index (χ1n) is 15.1. The van der Waals surface area contributed by atoms with Gasteiger partial charge in [0.05, 0.1) is 0 Å². The molecule has 0 radical (unpaired) electrons. The second-order valence-corrected chi connectivity index (χ2v) is 19.0. The Labute approximate surface area is 328 Å². The van der Waals surface area contributed by atoms with Gasteiger partial charge in [-0.25, -0.2) is 0 Å². The van der Waals surface area contributed by atoms with Crippen molar-refractivity contribution >= 4 is 17.3 Å². The van der Waals surface area contributed by atoms with Crippen molar-refractivity contribution < 1.29 is 143 Å². The van der Waals surface area contributed by atoms with E-state index in [9.17, 15) is 80.2 Å². The molecule has 0 saturated heterocycles. The van der Waals surface area contributed by atoms with Crippen molar-refractivity contribution in [3.8, 4) is 0 Å². The minimum absolute atomic E-state index is 0.676. The fraction of sp³-hybridized carbons (Fsp3) is 0.700. The Morgan fingerprint density at radius 3 is 0.621 bits per heavy atom. The van der Waals surface area contributed by atoms with Crippen molar-refractivity contribution in [2.24, 2.45) is 16.2 Å². The summed E-state index contributed by atoms with van der Waals surface area (Å²) in [6, 6.07) is 0. The number of carbonyl (C=O) groups excluding carboxylic acids is 3. The summed E-state index contributed by atoms with van der Waals surface area (Å²) in [6.07, 6.45) is -25.7. The summed E-state index contributed by atoms with van der Waals surface area (Å²) < 4.78 is 307. The third kappa shape index (κ3) is 11.8. The summed E-state index contributed by atoms with van der Waals surface area (Å²) in [5.74, 6) is -61.4. The molecule has 0 N–H and O–H groups in total. The van der Waals surface area contributed by atoms with Gasteiger partial charge in [-0.1, -0.05) is 0 Å². The molecule has 0 aromatic carbocycles. The molecule has 336 valence electrons. The van der Waals surface area contributed by atoms with Crippen molar-refractivity contribution in [3.05, 3.63) is 35.5 Å². The van der Waals surface area contributed by atoms with Gasteiger partial charge in [0.2, 0.25) is 0 Å². The van der Waals surface area contributed by atoms with Gasteiger partial charge in [0.1, 0.15) is 0 Å². The number of hydrogen-bond donors (Lipinski definition) is 0. The number of ketones is 3. The number of carbonyl (C=O) groups is 3. The van der Waals surface area contributed by atoms with Crippen LogP contribution in [0, 0.1) is 47.9 Å². The van der Waals surface area contributed by atoms with E-state index >= 15 is 26.3 Å². The van der Waals surface area contributed by atoms with E-state index < -0.39 is 155 Å². The molecule has 0 aliphatic rings. The third-order valence-electron chi connectivity index (χ3n) is 6.85. The van der Waals surface area contributed by atoms with Crippen LogP contribution in [0.15, 0.2) is 35.5 Å². The van der Waals surface area contributed by atoms with Crippen LogP contribution in [0.3, 0.4) is 0 Å². The first-order valence-corrected chi connectivity index (χ1v) is 19.6. The molecular formula is C30H30F21LaO6. The first-order chi connectivity index (χ1) is 24.9. The van der Waals surface area contributed by atoms with Crippen LogP contribution in [0.25, 0.3) is 0 Å². The van der Waals surface area contributed by atoms with E-state index in [1.807, 2.05) is 0 Å². The van der Waals surface area contributed by atoms with Crippen LogP contribution >= 0.6 is 0 Å². The van der Waals surface area contributed by atoms with Crippen molar-refractivity contribution in [1.82, 2.24) is 0 Å². The van der Waals surface area contributed by atoms with Crippen molar-refractivity contribution in [3.63, 3.8) is 0 Å². The van der Waals surface area contributed by atoms with Crippen molar-refractivity contribution in [1.29, 1.82) is 0 Å². The van der Waals surface area contributed by atoms with E-state index in [1.54, 1.807) is 0 Å². The Bertz CT molecular complexity index is 1440. The Morgan fingerprint density at radius 1 is 0.345 bits per heavy atom. The summed E-state index contributed by atoms with van der Waals surface area (Å²) in [5, 5.41) is 0. The molecule has 0 aliphatic carbocycles. The summed E-state index contributed by atoms with van der Waals surface area (Å²) in [6.45, 7) is 6.09. The number of alkyl halides is 21. The topological polar surface area (TPSA) is 78.9 Å². The van der Waals surface area contributed by atoms with Crippen LogP contribution in [-0.2, 0) is 19.5 Å². The van der Waals surface area contributed by atoms with E-state index in [4.69, 9.17) is 0 Å². The predicted molar refractivity (Wildman–Crippen MR) is 149 cm³/mol. The molecule has 0 aliphatic heterocycles. The SMILES string of the molecule is CC(C)(C)C(=O)/C=C(\[O][La]([O]/C(=C\C(=O)C(C)(C)C)C(F)(F)C(F)(F)C(F)(F)F)[O]/C(=C\C(=O)C(C)(C)C)C(F)(F)C(F)(F)C(F)(F)F)C(F)(F)C(F)(F)C(F)(F)F. The molecule has 0 aromatic rings. The maximum absolute atomic E-state index is 15.2. The minimum atomic E-state index is -8.37. The van der Waals surface area contributed by atoms with Crippen molar-refractivity contribution in [2.45, 2.75) is 116 Å². The zero-order valence-corrected chi connectivity index (χ0v) is 34.3. The van der Waals surface area contributed by atoms with Gasteiger partial charge in [-0.15, -0.1) is 0 Å². The van der Waals surface area contributed by atoms with E-state index in [0.717, 1.165) is 0 Å². The van der Waals surface area contributed by atoms with E-state index in [1.165, 1.54) is 0 Å². The average Bonchev–Trinajstić information content (AvgIpc) is 2.95. The van der Waals surface area contributed by atoms with E-state index in [0.29, 0.717) is 62.3 Å². The van der Waals surface area contributed by atoms with Gasteiger partial charge in [0, 0.05) is 0 Å². The van der Waals surface area contributed by atoms with Crippen LogP contribution in [0.2, 0.25) is 0 Å². The molecular weight excluding hydrogens is 994 g/mol. The monoisotopic (exact) mass is 1020 g/mol. The average molecular weight is 1020 g/mol. The van der Waals surface area contributed by atoms with Crippen LogP contribution in [-0.4, -0.2) is 71.4 Å². The van der Waals surface area contributed by atoms with Crippen LogP contribution < -0.4 is 0 Å². The number of halogens is 21. The molecule has 0 spiro atoms. The number of allylic oxidation sites excluding steroid dienone is 6. The van der Waals surface area contributed by atoms with Gasteiger partial charge >= 0.3 is 329 Å². The van der Waals surface area contributed by atoms with Gasteiger partial charge in [-0.3, -0.25) is 0 Å². The fourth-order valence-corrected chi connectivity index (χ4v) is 7.43. The van der Waals surface area contributed by atoms with E-state index in [-0.39, 0.29) is 0 Å². The van der Waals surface area contributed by atoms with E-state index in [2.05, 4.69) is 5.11 Å².